The molecule has 0 amide bonds. The van der Waals surface area contributed by atoms with Gasteiger partial charge in [0.1, 0.15) is 12.2 Å². The van der Waals surface area contributed by atoms with Gasteiger partial charge in [-0.1, -0.05) is 6.58 Å². The van der Waals surface area contributed by atoms with E-state index in [0.717, 1.165) is 0 Å². The molecular weight excluding hydrogens is 264 g/mol. The zero-order chi connectivity index (χ0) is 14.9. The molecule has 0 spiro atoms. The SMILES string of the molecule is C=C(C)C(=O)OC(C)C(=O)OC1CCC2CC1OC2=O. The minimum Gasteiger partial charge on any atom is -0.458 e. The predicted octanol–water partition coefficient (Wildman–Crippen LogP) is 1.13. The van der Waals surface area contributed by atoms with Gasteiger partial charge in [-0.3, -0.25) is 4.79 Å². The molecule has 2 bridgehead atoms. The highest BCUT2D eigenvalue weighted by atomic mass is 16.6. The molecule has 1 aliphatic heterocycles. The van der Waals surface area contributed by atoms with E-state index < -0.39 is 24.1 Å². The van der Waals surface area contributed by atoms with Crippen LogP contribution in [0.15, 0.2) is 12.2 Å². The Morgan fingerprint density at radius 2 is 2.10 bits per heavy atom. The fourth-order valence-electron chi connectivity index (χ4n) is 2.37. The smallest absolute Gasteiger partial charge is 0.347 e. The molecule has 110 valence electrons. The minimum absolute atomic E-state index is 0.0615. The second kappa shape index (κ2) is 5.64. The maximum absolute atomic E-state index is 11.9. The summed E-state index contributed by atoms with van der Waals surface area (Å²) in [6.45, 7) is 6.38. The van der Waals surface area contributed by atoms with E-state index in [9.17, 15) is 14.4 Å². The summed E-state index contributed by atoms with van der Waals surface area (Å²) in [6, 6.07) is 0. The lowest BCUT2D eigenvalue weighted by atomic mass is 9.88. The molecule has 2 rings (SSSR count). The average Bonchev–Trinajstić information content (AvgIpc) is 2.69. The first kappa shape index (κ1) is 14.6. The maximum Gasteiger partial charge on any atom is 0.347 e. The van der Waals surface area contributed by atoms with Gasteiger partial charge in [0, 0.05) is 12.0 Å². The Balaban J connectivity index is 1.87. The summed E-state index contributed by atoms with van der Waals surface area (Å²) in [7, 11) is 0. The van der Waals surface area contributed by atoms with Crippen molar-refractivity contribution in [2.75, 3.05) is 0 Å². The van der Waals surface area contributed by atoms with Crippen molar-refractivity contribution in [2.24, 2.45) is 5.92 Å². The van der Waals surface area contributed by atoms with Crippen LogP contribution in [0.5, 0.6) is 0 Å². The van der Waals surface area contributed by atoms with Crippen LogP contribution in [0.4, 0.5) is 0 Å². The van der Waals surface area contributed by atoms with Crippen molar-refractivity contribution < 1.29 is 28.6 Å². The Labute approximate surface area is 117 Å². The Morgan fingerprint density at radius 3 is 2.75 bits per heavy atom. The predicted molar refractivity (Wildman–Crippen MR) is 67.5 cm³/mol. The van der Waals surface area contributed by atoms with E-state index >= 15 is 0 Å². The second-order valence-electron chi connectivity index (χ2n) is 5.29. The van der Waals surface area contributed by atoms with Crippen molar-refractivity contribution in [3.63, 3.8) is 0 Å². The Hall–Kier alpha value is -1.85. The van der Waals surface area contributed by atoms with Crippen LogP contribution in [0.1, 0.15) is 33.1 Å². The molecule has 0 radical (unpaired) electrons. The van der Waals surface area contributed by atoms with Crippen LogP contribution in [0, 0.1) is 5.92 Å². The molecule has 1 aliphatic carbocycles. The fraction of sp³-hybridized carbons (Fsp3) is 0.643. The number of esters is 3. The lowest BCUT2D eigenvalue weighted by Crippen LogP contribution is -2.37. The molecule has 0 N–H and O–H groups in total. The van der Waals surface area contributed by atoms with Gasteiger partial charge in [-0.05, 0) is 26.7 Å². The van der Waals surface area contributed by atoms with Gasteiger partial charge in [-0.2, -0.15) is 0 Å². The highest BCUT2D eigenvalue weighted by Crippen LogP contribution is 2.36. The van der Waals surface area contributed by atoms with Crippen molar-refractivity contribution in [2.45, 2.75) is 51.4 Å². The molecule has 1 heterocycles. The van der Waals surface area contributed by atoms with Gasteiger partial charge in [-0.25, -0.2) is 9.59 Å². The number of ether oxygens (including phenoxy) is 3. The molecule has 1 saturated heterocycles. The summed E-state index contributed by atoms with van der Waals surface area (Å²) in [5.41, 5.74) is 0.217. The first-order valence-electron chi connectivity index (χ1n) is 6.66. The maximum atomic E-state index is 11.9. The van der Waals surface area contributed by atoms with Gasteiger partial charge in [0.15, 0.2) is 6.10 Å². The quantitative estimate of drug-likeness (QED) is 0.437. The lowest BCUT2D eigenvalue weighted by Gasteiger charge is -2.26. The molecule has 0 aromatic heterocycles. The Morgan fingerprint density at radius 1 is 1.40 bits per heavy atom. The van der Waals surface area contributed by atoms with Crippen LogP contribution in [-0.4, -0.2) is 36.2 Å². The average molecular weight is 282 g/mol. The Bertz CT molecular complexity index is 455. The number of rotatable bonds is 4. The fourth-order valence-corrected chi connectivity index (χ4v) is 2.37. The highest BCUT2D eigenvalue weighted by molar-refractivity contribution is 5.89. The number of carbonyl (C=O) groups excluding carboxylic acids is 3. The first-order valence-corrected chi connectivity index (χ1v) is 6.66. The first-order chi connectivity index (χ1) is 9.38. The van der Waals surface area contributed by atoms with Gasteiger partial charge in [0.05, 0.1) is 5.92 Å². The highest BCUT2D eigenvalue weighted by Gasteiger charge is 2.45. The second-order valence-corrected chi connectivity index (χ2v) is 5.29. The Kier molecular flexibility index (Phi) is 4.11. The largest absolute Gasteiger partial charge is 0.458 e. The molecule has 6 nitrogen and oxygen atoms in total. The molecule has 4 unspecified atom stereocenters. The topological polar surface area (TPSA) is 78.9 Å². The monoisotopic (exact) mass is 282 g/mol. The molecular formula is C14H18O6. The third-order valence-corrected chi connectivity index (χ3v) is 3.56. The van der Waals surface area contributed by atoms with E-state index in [1.807, 2.05) is 0 Å². The third-order valence-electron chi connectivity index (χ3n) is 3.56. The van der Waals surface area contributed by atoms with Crippen molar-refractivity contribution in [1.82, 2.24) is 0 Å². The molecule has 2 aliphatic rings. The molecule has 1 saturated carbocycles. The van der Waals surface area contributed by atoms with Gasteiger partial charge >= 0.3 is 17.9 Å². The van der Waals surface area contributed by atoms with E-state index in [1.54, 1.807) is 0 Å². The van der Waals surface area contributed by atoms with Crippen molar-refractivity contribution in [3.05, 3.63) is 12.2 Å². The zero-order valence-corrected chi connectivity index (χ0v) is 11.6. The van der Waals surface area contributed by atoms with Crippen LogP contribution in [0.3, 0.4) is 0 Å². The van der Waals surface area contributed by atoms with Gasteiger partial charge in [-0.15, -0.1) is 0 Å². The van der Waals surface area contributed by atoms with Crippen LogP contribution in [0.2, 0.25) is 0 Å². The number of fused-ring (bicyclic) bond motifs is 2. The van der Waals surface area contributed by atoms with E-state index in [2.05, 4.69) is 6.58 Å². The standard InChI is InChI=1S/C14H18O6/c1-7(2)12(15)18-8(3)13(16)19-10-5-4-9-6-11(10)20-14(9)17/h8-11H,1,4-6H2,2-3H3. The van der Waals surface area contributed by atoms with Crippen LogP contribution in [-0.2, 0) is 28.6 Å². The summed E-state index contributed by atoms with van der Waals surface area (Å²) in [5.74, 6) is -1.54. The number of hydrogen-bond donors (Lipinski definition) is 0. The molecule has 2 fully saturated rings. The van der Waals surface area contributed by atoms with Crippen LogP contribution >= 0.6 is 0 Å². The number of carbonyl (C=O) groups is 3. The van der Waals surface area contributed by atoms with E-state index in [-0.39, 0.29) is 23.6 Å². The molecule has 0 aromatic rings. The lowest BCUT2D eigenvalue weighted by molar-refractivity contribution is -0.174. The van der Waals surface area contributed by atoms with E-state index in [1.165, 1.54) is 13.8 Å². The van der Waals surface area contributed by atoms with E-state index in [0.29, 0.717) is 19.3 Å². The van der Waals surface area contributed by atoms with Crippen molar-refractivity contribution in [3.8, 4) is 0 Å². The minimum atomic E-state index is -1.01. The summed E-state index contributed by atoms with van der Waals surface area (Å²) in [6.07, 6.45) is 0.0252. The summed E-state index contributed by atoms with van der Waals surface area (Å²) < 4.78 is 15.3. The summed E-state index contributed by atoms with van der Waals surface area (Å²) in [4.78, 5) is 34.6. The zero-order valence-electron chi connectivity index (χ0n) is 11.6. The third kappa shape index (κ3) is 3.00. The van der Waals surface area contributed by atoms with Gasteiger partial charge in [0.25, 0.3) is 0 Å². The van der Waals surface area contributed by atoms with E-state index in [4.69, 9.17) is 14.2 Å². The molecule has 4 atom stereocenters. The van der Waals surface area contributed by atoms with Gasteiger partial charge < -0.3 is 14.2 Å². The van der Waals surface area contributed by atoms with Crippen molar-refractivity contribution in [1.29, 1.82) is 0 Å². The number of hydrogen-bond acceptors (Lipinski definition) is 6. The molecule has 20 heavy (non-hydrogen) atoms. The molecule has 6 heteroatoms. The molecule has 0 aromatic carbocycles. The van der Waals surface area contributed by atoms with Crippen LogP contribution < -0.4 is 0 Å². The van der Waals surface area contributed by atoms with Crippen molar-refractivity contribution >= 4 is 17.9 Å². The normalized spacial score (nSPS) is 29.3. The summed E-state index contributed by atoms with van der Waals surface area (Å²) >= 11 is 0. The summed E-state index contributed by atoms with van der Waals surface area (Å²) in [5, 5.41) is 0. The van der Waals surface area contributed by atoms with Crippen LogP contribution in [0.25, 0.3) is 0 Å². The van der Waals surface area contributed by atoms with Gasteiger partial charge in [0.2, 0.25) is 0 Å².